The standard InChI is InChI=1S/C15H21FN2O2/c1-9(8-19)10(2)17-15(20)18-14-6-3-11-7-12(16)4-5-13(11)14/h4-5,7,9-10,14,19H,3,6,8H2,1-2H3,(H2,17,18,20). The quantitative estimate of drug-likeness (QED) is 0.791. The lowest BCUT2D eigenvalue weighted by molar-refractivity contribution is 0.199. The molecule has 110 valence electrons. The van der Waals surface area contributed by atoms with E-state index in [-0.39, 0.29) is 36.5 Å². The van der Waals surface area contributed by atoms with Gasteiger partial charge in [0.2, 0.25) is 0 Å². The van der Waals surface area contributed by atoms with Crippen LogP contribution in [0.15, 0.2) is 18.2 Å². The Kier molecular flexibility index (Phi) is 4.60. The molecule has 0 aromatic heterocycles. The Hall–Kier alpha value is -1.62. The highest BCUT2D eigenvalue weighted by Gasteiger charge is 2.25. The number of aliphatic hydroxyl groups excluding tert-OH is 1. The molecule has 2 rings (SSSR count). The molecule has 0 radical (unpaired) electrons. The number of urea groups is 1. The van der Waals surface area contributed by atoms with Crippen LogP contribution in [0, 0.1) is 11.7 Å². The monoisotopic (exact) mass is 280 g/mol. The average molecular weight is 280 g/mol. The molecule has 1 aliphatic carbocycles. The largest absolute Gasteiger partial charge is 0.396 e. The fraction of sp³-hybridized carbons (Fsp3) is 0.533. The Morgan fingerprint density at radius 2 is 2.25 bits per heavy atom. The summed E-state index contributed by atoms with van der Waals surface area (Å²) in [6.45, 7) is 3.77. The van der Waals surface area contributed by atoms with E-state index in [0.717, 1.165) is 24.0 Å². The number of hydrogen-bond acceptors (Lipinski definition) is 2. The Balaban J connectivity index is 1.94. The van der Waals surface area contributed by atoms with Gasteiger partial charge in [-0.2, -0.15) is 0 Å². The highest BCUT2D eigenvalue weighted by Crippen LogP contribution is 2.31. The fourth-order valence-electron chi connectivity index (χ4n) is 2.44. The van der Waals surface area contributed by atoms with Crippen molar-refractivity contribution in [1.82, 2.24) is 10.6 Å². The summed E-state index contributed by atoms with van der Waals surface area (Å²) in [6.07, 6.45) is 1.57. The van der Waals surface area contributed by atoms with Crippen LogP contribution in [0.5, 0.6) is 0 Å². The number of carbonyl (C=O) groups excluding carboxylic acids is 1. The second-order valence-electron chi connectivity index (χ2n) is 5.50. The number of rotatable bonds is 4. The van der Waals surface area contributed by atoms with Crippen molar-refractivity contribution in [1.29, 1.82) is 0 Å². The molecule has 3 N–H and O–H groups in total. The molecule has 1 aromatic carbocycles. The third kappa shape index (κ3) is 3.28. The Bertz CT molecular complexity index is 493. The van der Waals surface area contributed by atoms with E-state index in [2.05, 4.69) is 10.6 Å². The maximum absolute atomic E-state index is 13.1. The van der Waals surface area contributed by atoms with E-state index in [1.54, 1.807) is 6.07 Å². The zero-order valence-corrected chi connectivity index (χ0v) is 11.8. The van der Waals surface area contributed by atoms with Gasteiger partial charge in [-0.15, -0.1) is 0 Å². The summed E-state index contributed by atoms with van der Waals surface area (Å²) in [4.78, 5) is 11.9. The number of aliphatic hydroxyl groups is 1. The van der Waals surface area contributed by atoms with Crippen molar-refractivity contribution in [3.05, 3.63) is 35.1 Å². The smallest absolute Gasteiger partial charge is 0.315 e. The molecule has 3 atom stereocenters. The molecule has 1 aliphatic rings. The van der Waals surface area contributed by atoms with Crippen molar-refractivity contribution < 1.29 is 14.3 Å². The molecule has 4 nitrogen and oxygen atoms in total. The maximum Gasteiger partial charge on any atom is 0.315 e. The Morgan fingerprint density at radius 3 is 2.95 bits per heavy atom. The van der Waals surface area contributed by atoms with Gasteiger partial charge >= 0.3 is 6.03 Å². The lowest BCUT2D eigenvalue weighted by atomic mass is 10.1. The van der Waals surface area contributed by atoms with Crippen LogP contribution >= 0.6 is 0 Å². The van der Waals surface area contributed by atoms with Gasteiger partial charge in [0, 0.05) is 12.6 Å². The molecule has 1 aromatic rings. The lowest BCUT2D eigenvalue weighted by Gasteiger charge is -2.21. The number of carbonyl (C=O) groups is 1. The molecule has 0 saturated heterocycles. The number of halogens is 1. The molecule has 0 bridgehead atoms. The fourth-order valence-corrected chi connectivity index (χ4v) is 2.44. The molecule has 0 spiro atoms. The van der Waals surface area contributed by atoms with Crippen LogP contribution in [-0.2, 0) is 6.42 Å². The van der Waals surface area contributed by atoms with E-state index in [4.69, 9.17) is 5.11 Å². The van der Waals surface area contributed by atoms with Crippen molar-refractivity contribution >= 4 is 6.03 Å². The first-order chi connectivity index (χ1) is 9.51. The van der Waals surface area contributed by atoms with Gasteiger partial charge in [-0.3, -0.25) is 0 Å². The molecular weight excluding hydrogens is 259 g/mol. The van der Waals surface area contributed by atoms with Gasteiger partial charge < -0.3 is 15.7 Å². The molecule has 0 heterocycles. The van der Waals surface area contributed by atoms with Crippen LogP contribution in [0.1, 0.15) is 37.4 Å². The van der Waals surface area contributed by atoms with Crippen molar-refractivity contribution in [2.75, 3.05) is 6.61 Å². The van der Waals surface area contributed by atoms with E-state index in [0.29, 0.717) is 0 Å². The molecule has 0 fully saturated rings. The predicted molar refractivity (Wildman–Crippen MR) is 74.8 cm³/mol. The second-order valence-corrected chi connectivity index (χ2v) is 5.50. The van der Waals surface area contributed by atoms with Crippen LogP contribution in [0.3, 0.4) is 0 Å². The van der Waals surface area contributed by atoms with Gasteiger partial charge in [0.1, 0.15) is 5.82 Å². The molecule has 0 saturated carbocycles. The second kappa shape index (κ2) is 6.22. The Labute approximate surface area is 118 Å². The van der Waals surface area contributed by atoms with Crippen LogP contribution in [-0.4, -0.2) is 23.8 Å². The van der Waals surface area contributed by atoms with E-state index >= 15 is 0 Å². The summed E-state index contributed by atoms with van der Waals surface area (Å²) >= 11 is 0. The van der Waals surface area contributed by atoms with Crippen LogP contribution in [0.4, 0.5) is 9.18 Å². The van der Waals surface area contributed by atoms with Crippen molar-refractivity contribution in [2.45, 2.75) is 38.8 Å². The third-order valence-electron chi connectivity index (χ3n) is 3.99. The SMILES string of the molecule is CC(CO)C(C)NC(=O)NC1CCc2cc(F)ccc21. The minimum Gasteiger partial charge on any atom is -0.396 e. The van der Waals surface area contributed by atoms with Gasteiger partial charge in [-0.1, -0.05) is 13.0 Å². The molecule has 2 amide bonds. The van der Waals surface area contributed by atoms with E-state index in [1.807, 2.05) is 13.8 Å². The third-order valence-corrected chi connectivity index (χ3v) is 3.99. The summed E-state index contributed by atoms with van der Waals surface area (Å²) < 4.78 is 13.1. The van der Waals surface area contributed by atoms with Gasteiger partial charge in [0.05, 0.1) is 6.04 Å². The van der Waals surface area contributed by atoms with E-state index in [1.165, 1.54) is 12.1 Å². The highest BCUT2D eigenvalue weighted by atomic mass is 19.1. The number of benzene rings is 1. The lowest BCUT2D eigenvalue weighted by Crippen LogP contribution is -2.45. The summed E-state index contributed by atoms with van der Waals surface area (Å²) in [5.74, 6) is -0.232. The minimum absolute atomic E-state index is 0.00529. The predicted octanol–water partition coefficient (Wildman–Crippen LogP) is 2.13. The first-order valence-electron chi connectivity index (χ1n) is 6.97. The summed E-state index contributed by atoms with van der Waals surface area (Å²) in [7, 11) is 0. The zero-order chi connectivity index (χ0) is 14.7. The first-order valence-corrected chi connectivity index (χ1v) is 6.97. The van der Waals surface area contributed by atoms with Gasteiger partial charge in [0.25, 0.3) is 0 Å². The molecule has 3 unspecified atom stereocenters. The van der Waals surface area contributed by atoms with Gasteiger partial charge in [-0.05, 0) is 48.9 Å². The van der Waals surface area contributed by atoms with Crippen LogP contribution < -0.4 is 10.6 Å². The van der Waals surface area contributed by atoms with E-state index in [9.17, 15) is 9.18 Å². The van der Waals surface area contributed by atoms with E-state index < -0.39 is 0 Å². The topological polar surface area (TPSA) is 61.4 Å². The first kappa shape index (κ1) is 14.8. The molecule has 20 heavy (non-hydrogen) atoms. The molecule has 5 heteroatoms. The number of fused-ring (bicyclic) bond motifs is 1. The maximum atomic E-state index is 13.1. The molecular formula is C15H21FN2O2. The minimum atomic E-state index is -0.250. The number of hydrogen-bond donors (Lipinski definition) is 3. The van der Waals surface area contributed by atoms with Gasteiger partial charge in [-0.25, -0.2) is 9.18 Å². The van der Waals surface area contributed by atoms with Crippen molar-refractivity contribution in [2.24, 2.45) is 5.92 Å². The Morgan fingerprint density at radius 1 is 1.50 bits per heavy atom. The normalized spacial score (nSPS) is 20.1. The van der Waals surface area contributed by atoms with Crippen molar-refractivity contribution in [3.8, 4) is 0 Å². The molecule has 0 aliphatic heterocycles. The summed E-state index contributed by atoms with van der Waals surface area (Å²) in [6, 6.07) is 4.28. The van der Waals surface area contributed by atoms with Gasteiger partial charge in [0.15, 0.2) is 0 Å². The number of amides is 2. The zero-order valence-electron chi connectivity index (χ0n) is 11.8. The average Bonchev–Trinajstić information content (AvgIpc) is 2.79. The highest BCUT2D eigenvalue weighted by molar-refractivity contribution is 5.75. The van der Waals surface area contributed by atoms with Crippen molar-refractivity contribution in [3.63, 3.8) is 0 Å². The summed E-state index contributed by atoms with van der Waals surface area (Å²) in [5.41, 5.74) is 1.96. The number of nitrogens with one attached hydrogen (secondary N) is 2. The van der Waals surface area contributed by atoms with Crippen LogP contribution in [0.25, 0.3) is 0 Å². The summed E-state index contributed by atoms with van der Waals surface area (Å²) in [5, 5.41) is 14.8. The van der Waals surface area contributed by atoms with Crippen LogP contribution in [0.2, 0.25) is 0 Å². The number of aryl methyl sites for hydroxylation is 1.